The summed E-state index contributed by atoms with van der Waals surface area (Å²) < 4.78 is 0.414. The van der Waals surface area contributed by atoms with Gasteiger partial charge in [0.05, 0.1) is 4.43 Å². The number of primary amides is 1. The zero-order valence-corrected chi connectivity index (χ0v) is 18.0. The van der Waals surface area contributed by atoms with Crippen molar-refractivity contribution in [3.63, 3.8) is 0 Å². The van der Waals surface area contributed by atoms with Gasteiger partial charge in [0.2, 0.25) is 5.91 Å². The van der Waals surface area contributed by atoms with Crippen LogP contribution in [0.5, 0.6) is 0 Å². The van der Waals surface area contributed by atoms with Crippen LogP contribution in [-0.2, 0) is 14.4 Å². The molecule has 0 radical (unpaired) electrons. The van der Waals surface area contributed by atoms with Gasteiger partial charge in [-0.25, -0.2) is 0 Å². The minimum absolute atomic E-state index is 0.0246. The van der Waals surface area contributed by atoms with E-state index in [1.807, 2.05) is 28.7 Å². The molecule has 0 heterocycles. The van der Waals surface area contributed by atoms with Crippen LogP contribution in [0.1, 0.15) is 65.2 Å². The van der Waals surface area contributed by atoms with Gasteiger partial charge in [0.25, 0.3) is 0 Å². The number of fused-ring (bicyclic) bond motifs is 5. The Hall–Kier alpha value is -0.720. The molecular formula is C21H30INO3. The lowest BCUT2D eigenvalue weighted by atomic mass is 9.47. The predicted octanol–water partition coefficient (Wildman–Crippen LogP) is 3.99. The molecule has 4 rings (SSSR count). The number of allylic oxidation sites excluding steroid dienone is 1. The summed E-state index contributed by atoms with van der Waals surface area (Å²) in [4.78, 5) is 33.7. The van der Waals surface area contributed by atoms with Crippen LogP contribution < -0.4 is 5.73 Å². The van der Waals surface area contributed by atoms with Crippen molar-refractivity contribution in [3.05, 3.63) is 11.6 Å². The van der Waals surface area contributed by atoms with E-state index in [4.69, 9.17) is 0 Å². The molecule has 0 saturated heterocycles. The van der Waals surface area contributed by atoms with E-state index in [-0.39, 0.29) is 16.7 Å². The minimum Gasteiger partial charge on any atom is -0.369 e. The van der Waals surface area contributed by atoms with Crippen LogP contribution in [0.25, 0.3) is 0 Å². The third kappa shape index (κ3) is 3.29. The second-order valence-corrected chi connectivity index (χ2v) is 9.75. The van der Waals surface area contributed by atoms with E-state index in [0.29, 0.717) is 33.7 Å². The Balaban J connectivity index is 0.000000349. The summed E-state index contributed by atoms with van der Waals surface area (Å²) >= 11 is 1.90. The monoisotopic (exact) mass is 471 g/mol. The number of hydrogen-bond acceptors (Lipinski definition) is 3. The fraction of sp³-hybridized carbons (Fsp3) is 0.762. The number of halogens is 1. The van der Waals surface area contributed by atoms with Crippen LogP contribution in [0.4, 0.5) is 0 Å². The Bertz CT molecular complexity index is 658. The average Bonchev–Trinajstić information content (AvgIpc) is 2.91. The smallest absolute Gasteiger partial charge is 0.227 e. The molecule has 4 aliphatic rings. The molecule has 5 atom stereocenters. The molecule has 0 aromatic carbocycles. The van der Waals surface area contributed by atoms with Crippen LogP contribution in [0, 0.1) is 28.6 Å². The van der Waals surface area contributed by atoms with Gasteiger partial charge >= 0.3 is 0 Å². The van der Waals surface area contributed by atoms with E-state index in [0.717, 1.165) is 38.5 Å². The molecule has 0 aliphatic heterocycles. The second kappa shape index (κ2) is 7.36. The van der Waals surface area contributed by atoms with Crippen molar-refractivity contribution in [2.24, 2.45) is 34.3 Å². The van der Waals surface area contributed by atoms with E-state index in [2.05, 4.69) is 19.6 Å². The summed E-state index contributed by atoms with van der Waals surface area (Å²) in [7, 11) is 0. The van der Waals surface area contributed by atoms with E-state index < -0.39 is 0 Å². The van der Waals surface area contributed by atoms with E-state index in [1.165, 1.54) is 18.4 Å². The molecule has 26 heavy (non-hydrogen) atoms. The van der Waals surface area contributed by atoms with Crippen molar-refractivity contribution < 1.29 is 14.4 Å². The van der Waals surface area contributed by atoms with E-state index in [1.54, 1.807) is 0 Å². The van der Waals surface area contributed by atoms with Gasteiger partial charge in [0.15, 0.2) is 5.78 Å². The fourth-order valence-electron chi connectivity index (χ4n) is 6.33. The molecule has 0 aromatic rings. The highest BCUT2D eigenvalue weighted by atomic mass is 127. The molecule has 0 spiro atoms. The molecule has 5 heteroatoms. The number of nitrogens with two attached hydrogens (primary N) is 1. The maximum absolute atomic E-state index is 12.4. The summed E-state index contributed by atoms with van der Waals surface area (Å²) in [5, 5.41) is 0. The highest BCUT2D eigenvalue weighted by Crippen LogP contribution is 2.64. The van der Waals surface area contributed by atoms with Gasteiger partial charge in [-0.3, -0.25) is 14.4 Å². The topological polar surface area (TPSA) is 77.2 Å². The van der Waals surface area contributed by atoms with Crippen molar-refractivity contribution in [1.82, 2.24) is 0 Å². The lowest BCUT2D eigenvalue weighted by Crippen LogP contribution is -2.50. The number of amides is 1. The number of hydrogen-bond donors (Lipinski definition) is 1. The number of carbonyl (C=O) groups is 3. The molecular weight excluding hydrogens is 441 g/mol. The van der Waals surface area contributed by atoms with Crippen molar-refractivity contribution in [1.29, 1.82) is 0 Å². The van der Waals surface area contributed by atoms with Crippen LogP contribution in [0.2, 0.25) is 0 Å². The molecule has 1 amide bonds. The Morgan fingerprint density at radius 2 is 1.73 bits per heavy atom. The quantitative estimate of drug-likeness (QED) is 0.464. The van der Waals surface area contributed by atoms with Gasteiger partial charge in [0, 0.05) is 18.3 Å². The maximum atomic E-state index is 12.4. The minimum atomic E-state index is -0.259. The van der Waals surface area contributed by atoms with Gasteiger partial charge in [-0.05, 0) is 67.8 Å². The van der Waals surface area contributed by atoms with Gasteiger partial charge in [-0.2, -0.15) is 0 Å². The summed E-state index contributed by atoms with van der Waals surface area (Å²) in [6, 6.07) is 0. The highest BCUT2D eigenvalue weighted by Gasteiger charge is 2.58. The molecule has 0 aromatic heterocycles. The standard InChI is InChI=1S/C19H26O2.C2H4INO/c1-18-9-7-13(20)11-12(18)3-4-14-15-5-6-17(21)19(15,2)10-8-16(14)18;3-1-2(4)5/h11,14-16H,3-10H2,1-2H3;1H2,(H2,4,5)/t14-,15-,16-,18-,19-;/m0./s1. The molecule has 2 N–H and O–H groups in total. The van der Waals surface area contributed by atoms with Crippen molar-refractivity contribution in [2.75, 3.05) is 4.43 Å². The van der Waals surface area contributed by atoms with Gasteiger partial charge < -0.3 is 5.73 Å². The third-order valence-electron chi connectivity index (χ3n) is 7.80. The Morgan fingerprint density at radius 3 is 2.38 bits per heavy atom. The number of Topliss-reactive ketones (excluding diaryl/α,β-unsaturated/α-hetero) is 1. The summed E-state index contributed by atoms with van der Waals surface area (Å²) in [5.74, 6) is 2.62. The second-order valence-electron chi connectivity index (χ2n) is 8.99. The molecule has 4 nitrogen and oxygen atoms in total. The Morgan fingerprint density at radius 1 is 1.08 bits per heavy atom. The SMILES string of the molecule is C[C@]12CCC(=O)C=C1CC[C@@H]1[C@@H]2CC[C@]2(C)C(=O)CC[C@@H]12.NC(=O)CI. The number of alkyl halides is 1. The molecule has 0 bridgehead atoms. The lowest BCUT2D eigenvalue weighted by molar-refractivity contribution is -0.132. The van der Waals surface area contributed by atoms with Crippen LogP contribution in [0.3, 0.4) is 0 Å². The molecule has 3 fully saturated rings. The first-order valence-electron chi connectivity index (χ1n) is 9.84. The molecule has 3 saturated carbocycles. The number of ketones is 2. The van der Waals surface area contributed by atoms with Gasteiger partial charge in [0.1, 0.15) is 5.78 Å². The van der Waals surface area contributed by atoms with Gasteiger partial charge in [-0.1, -0.05) is 42.0 Å². The fourth-order valence-corrected chi connectivity index (χ4v) is 6.33. The molecule has 0 unspecified atom stereocenters. The van der Waals surface area contributed by atoms with E-state index >= 15 is 0 Å². The van der Waals surface area contributed by atoms with Crippen molar-refractivity contribution >= 4 is 40.1 Å². The highest BCUT2D eigenvalue weighted by molar-refractivity contribution is 14.1. The van der Waals surface area contributed by atoms with Gasteiger partial charge in [-0.15, -0.1) is 0 Å². The zero-order valence-electron chi connectivity index (χ0n) is 15.9. The maximum Gasteiger partial charge on any atom is 0.227 e. The Labute approximate surface area is 169 Å². The zero-order chi connectivity index (χ0) is 19.1. The summed E-state index contributed by atoms with van der Waals surface area (Å²) in [6.07, 6.45) is 10.2. The first kappa shape index (κ1) is 20.0. The normalized spacial score (nSPS) is 41.2. The summed E-state index contributed by atoms with van der Waals surface area (Å²) in [6.45, 7) is 4.64. The largest absolute Gasteiger partial charge is 0.369 e. The number of rotatable bonds is 1. The average molecular weight is 471 g/mol. The van der Waals surface area contributed by atoms with Crippen LogP contribution >= 0.6 is 22.6 Å². The Kier molecular flexibility index (Phi) is 5.67. The van der Waals surface area contributed by atoms with Crippen molar-refractivity contribution in [3.8, 4) is 0 Å². The van der Waals surface area contributed by atoms with Crippen LogP contribution in [0.15, 0.2) is 11.6 Å². The third-order valence-corrected chi connectivity index (χ3v) is 8.55. The predicted molar refractivity (Wildman–Crippen MR) is 110 cm³/mol. The first-order chi connectivity index (χ1) is 12.2. The number of carbonyl (C=O) groups excluding carboxylic acids is 3. The van der Waals surface area contributed by atoms with E-state index in [9.17, 15) is 14.4 Å². The first-order valence-corrected chi connectivity index (χ1v) is 11.4. The summed E-state index contributed by atoms with van der Waals surface area (Å²) in [5.41, 5.74) is 6.28. The van der Waals surface area contributed by atoms with Crippen LogP contribution in [-0.4, -0.2) is 21.9 Å². The molecule has 4 aliphatic carbocycles. The lowest BCUT2D eigenvalue weighted by Gasteiger charge is -2.56. The molecule has 144 valence electrons. The van der Waals surface area contributed by atoms with Crippen molar-refractivity contribution in [2.45, 2.75) is 65.2 Å².